The molecule has 0 bridgehead atoms. The Hall–Kier alpha value is -1.20. The molecule has 0 saturated carbocycles. The fourth-order valence-corrected chi connectivity index (χ4v) is 0.926. The van der Waals surface area contributed by atoms with E-state index < -0.39 is 5.60 Å². The molecule has 1 heterocycles. The van der Waals surface area contributed by atoms with E-state index in [4.69, 9.17) is 11.6 Å². The molecule has 0 unspecified atom stereocenters. The number of carbonyl (C=O) groups excluding carboxylic acids is 1. The number of rotatable bonds is 3. The molecule has 2 N–H and O–H groups in total. The van der Waals surface area contributed by atoms with Crippen LogP contribution in [0.1, 0.15) is 24.2 Å². The van der Waals surface area contributed by atoms with E-state index in [1.807, 2.05) is 0 Å². The molecular weight excluding hydrogens is 218 g/mol. The molecule has 0 radical (unpaired) electrons. The summed E-state index contributed by atoms with van der Waals surface area (Å²) < 4.78 is 0. The molecule has 0 spiro atoms. The molecule has 1 aromatic heterocycles. The quantitative estimate of drug-likeness (QED) is 0.746. The van der Waals surface area contributed by atoms with E-state index in [9.17, 15) is 9.90 Å². The number of aliphatic hydroxyl groups is 1. The van der Waals surface area contributed by atoms with E-state index in [-0.39, 0.29) is 17.7 Å². The Morgan fingerprint density at radius 1 is 1.53 bits per heavy atom. The molecule has 6 heteroatoms. The molecule has 0 saturated heterocycles. The van der Waals surface area contributed by atoms with Crippen molar-refractivity contribution < 1.29 is 9.90 Å². The molecule has 0 atom stereocenters. The van der Waals surface area contributed by atoms with Crippen LogP contribution in [0.15, 0.2) is 12.4 Å². The number of amides is 1. The highest BCUT2D eigenvalue weighted by molar-refractivity contribution is 6.28. The smallest absolute Gasteiger partial charge is 0.254 e. The molecule has 0 aliphatic rings. The molecule has 0 aliphatic carbocycles. The highest BCUT2D eigenvalue weighted by Gasteiger charge is 2.14. The number of nitrogens with zero attached hydrogens (tertiary/aromatic N) is 2. The van der Waals surface area contributed by atoms with E-state index >= 15 is 0 Å². The summed E-state index contributed by atoms with van der Waals surface area (Å²) in [5.41, 5.74) is -0.633. The number of nitrogens with one attached hydrogen (secondary N) is 1. The summed E-state index contributed by atoms with van der Waals surface area (Å²) in [6, 6.07) is 0. The summed E-state index contributed by atoms with van der Waals surface area (Å²) in [5, 5.41) is 12.0. The van der Waals surface area contributed by atoms with Crippen molar-refractivity contribution in [3.63, 3.8) is 0 Å². The maximum atomic E-state index is 11.5. The van der Waals surface area contributed by atoms with E-state index in [0.717, 1.165) is 0 Å². The molecule has 5 nitrogen and oxygen atoms in total. The van der Waals surface area contributed by atoms with Gasteiger partial charge in [-0.1, -0.05) is 0 Å². The van der Waals surface area contributed by atoms with Gasteiger partial charge in [0.05, 0.1) is 11.2 Å². The zero-order chi connectivity index (χ0) is 11.5. The molecule has 0 fully saturated rings. The summed E-state index contributed by atoms with van der Waals surface area (Å²) in [6.07, 6.45) is 2.66. The fourth-order valence-electron chi connectivity index (χ4n) is 0.828. The van der Waals surface area contributed by atoms with Gasteiger partial charge in [0.15, 0.2) is 0 Å². The molecule has 15 heavy (non-hydrogen) atoms. The molecule has 1 rings (SSSR count). The number of aromatic nitrogens is 2. The topological polar surface area (TPSA) is 75.1 Å². The van der Waals surface area contributed by atoms with Crippen molar-refractivity contribution in [2.75, 3.05) is 6.54 Å². The number of halogens is 1. The van der Waals surface area contributed by atoms with Gasteiger partial charge in [0.1, 0.15) is 0 Å². The van der Waals surface area contributed by atoms with Gasteiger partial charge in [0.2, 0.25) is 5.28 Å². The average molecular weight is 230 g/mol. The van der Waals surface area contributed by atoms with Gasteiger partial charge in [-0.15, -0.1) is 0 Å². The Labute approximate surface area is 92.5 Å². The molecule has 1 aromatic rings. The van der Waals surface area contributed by atoms with E-state index in [0.29, 0.717) is 5.56 Å². The summed E-state index contributed by atoms with van der Waals surface area (Å²) in [4.78, 5) is 18.8. The molecule has 82 valence electrons. The van der Waals surface area contributed by atoms with Crippen LogP contribution in [0, 0.1) is 0 Å². The largest absolute Gasteiger partial charge is 0.389 e. The van der Waals surface area contributed by atoms with Crippen LogP contribution in [0.4, 0.5) is 0 Å². The average Bonchev–Trinajstić information content (AvgIpc) is 2.14. The number of carbonyl (C=O) groups is 1. The van der Waals surface area contributed by atoms with Gasteiger partial charge >= 0.3 is 0 Å². The van der Waals surface area contributed by atoms with Gasteiger partial charge < -0.3 is 10.4 Å². The van der Waals surface area contributed by atoms with E-state index in [2.05, 4.69) is 15.3 Å². The van der Waals surface area contributed by atoms with Crippen molar-refractivity contribution in [3.05, 3.63) is 23.2 Å². The predicted octanol–water partition coefficient (Wildman–Crippen LogP) is 0.631. The summed E-state index contributed by atoms with van der Waals surface area (Å²) in [6.45, 7) is 3.37. The Bertz CT molecular complexity index is 345. The number of hydrogen-bond donors (Lipinski definition) is 2. The summed E-state index contributed by atoms with van der Waals surface area (Å²) in [7, 11) is 0. The lowest BCUT2D eigenvalue weighted by atomic mass is 10.1. The highest BCUT2D eigenvalue weighted by Crippen LogP contribution is 2.02. The maximum absolute atomic E-state index is 11.5. The maximum Gasteiger partial charge on any atom is 0.254 e. The van der Waals surface area contributed by atoms with Crippen LogP contribution in [0.2, 0.25) is 5.28 Å². The van der Waals surface area contributed by atoms with Crippen LogP contribution < -0.4 is 5.32 Å². The second kappa shape index (κ2) is 4.55. The fraction of sp³-hybridized carbons (Fsp3) is 0.444. The minimum absolute atomic E-state index is 0.0917. The monoisotopic (exact) mass is 229 g/mol. The van der Waals surface area contributed by atoms with Gasteiger partial charge in [-0.2, -0.15) is 0 Å². The molecular formula is C9H12ClN3O2. The minimum Gasteiger partial charge on any atom is -0.389 e. The Morgan fingerprint density at radius 3 is 2.53 bits per heavy atom. The lowest BCUT2D eigenvalue weighted by molar-refractivity contribution is 0.0694. The lowest BCUT2D eigenvalue weighted by Gasteiger charge is -2.17. The van der Waals surface area contributed by atoms with Crippen molar-refractivity contribution in [1.29, 1.82) is 0 Å². The second-order valence-electron chi connectivity index (χ2n) is 3.74. The first-order valence-corrected chi connectivity index (χ1v) is 4.74. The van der Waals surface area contributed by atoms with Gasteiger partial charge in [-0.25, -0.2) is 9.97 Å². The van der Waals surface area contributed by atoms with Gasteiger partial charge in [0.25, 0.3) is 5.91 Å². The second-order valence-corrected chi connectivity index (χ2v) is 4.07. The minimum atomic E-state index is -0.942. The first-order valence-electron chi connectivity index (χ1n) is 4.36. The summed E-state index contributed by atoms with van der Waals surface area (Å²) in [5.74, 6) is -0.339. The van der Waals surface area contributed by atoms with Crippen LogP contribution in [0.5, 0.6) is 0 Å². The van der Waals surface area contributed by atoms with Crippen LogP contribution in [0.25, 0.3) is 0 Å². The SMILES string of the molecule is CC(C)(O)CNC(=O)c1cnc(Cl)nc1. The molecule has 1 amide bonds. The van der Waals surface area contributed by atoms with Gasteiger partial charge in [-0.3, -0.25) is 4.79 Å². The van der Waals surface area contributed by atoms with Crippen molar-refractivity contribution in [3.8, 4) is 0 Å². The van der Waals surface area contributed by atoms with Gasteiger partial charge in [0, 0.05) is 18.9 Å². The third-order valence-corrected chi connectivity index (χ3v) is 1.76. The third-order valence-electron chi connectivity index (χ3n) is 1.56. The Morgan fingerprint density at radius 2 is 2.07 bits per heavy atom. The third kappa shape index (κ3) is 4.22. The highest BCUT2D eigenvalue weighted by atomic mass is 35.5. The van der Waals surface area contributed by atoms with E-state index in [1.165, 1.54) is 12.4 Å². The van der Waals surface area contributed by atoms with Crippen LogP contribution >= 0.6 is 11.6 Å². The van der Waals surface area contributed by atoms with Crippen molar-refractivity contribution >= 4 is 17.5 Å². The Balaban J connectivity index is 2.58. The zero-order valence-electron chi connectivity index (χ0n) is 8.49. The van der Waals surface area contributed by atoms with E-state index in [1.54, 1.807) is 13.8 Å². The standard InChI is InChI=1S/C9H12ClN3O2/c1-9(2,15)5-13-7(14)6-3-11-8(10)12-4-6/h3-4,15H,5H2,1-2H3,(H,13,14). The molecule has 0 aromatic carbocycles. The lowest BCUT2D eigenvalue weighted by Crippen LogP contribution is -2.38. The predicted molar refractivity (Wildman–Crippen MR) is 55.7 cm³/mol. The van der Waals surface area contributed by atoms with Crippen molar-refractivity contribution in [1.82, 2.24) is 15.3 Å². The van der Waals surface area contributed by atoms with Crippen molar-refractivity contribution in [2.45, 2.75) is 19.4 Å². The zero-order valence-corrected chi connectivity index (χ0v) is 9.25. The normalized spacial score (nSPS) is 11.2. The van der Waals surface area contributed by atoms with Crippen LogP contribution in [-0.4, -0.2) is 33.1 Å². The first-order chi connectivity index (χ1) is 6.88. The van der Waals surface area contributed by atoms with Crippen LogP contribution in [-0.2, 0) is 0 Å². The summed E-state index contributed by atoms with van der Waals surface area (Å²) >= 11 is 5.47. The Kier molecular flexibility index (Phi) is 3.60. The van der Waals surface area contributed by atoms with Crippen molar-refractivity contribution in [2.24, 2.45) is 0 Å². The first kappa shape index (κ1) is 11.9. The van der Waals surface area contributed by atoms with Gasteiger partial charge in [-0.05, 0) is 25.4 Å². The molecule has 0 aliphatic heterocycles. The van der Waals surface area contributed by atoms with Crippen LogP contribution in [0.3, 0.4) is 0 Å². The number of hydrogen-bond acceptors (Lipinski definition) is 4.